The maximum Gasteiger partial charge on any atom is 0.255 e. The predicted octanol–water partition coefficient (Wildman–Crippen LogP) is 1.36. The van der Waals surface area contributed by atoms with Gasteiger partial charge >= 0.3 is 0 Å². The second-order valence-corrected chi connectivity index (χ2v) is 6.95. The molecule has 4 heterocycles. The van der Waals surface area contributed by atoms with Gasteiger partial charge in [-0.3, -0.25) is 9.69 Å². The third-order valence-corrected chi connectivity index (χ3v) is 5.21. The Hall–Kier alpha value is -2.38. The Bertz CT molecular complexity index is 757. The van der Waals surface area contributed by atoms with E-state index in [-0.39, 0.29) is 5.91 Å². The molecular formula is C20H26N4O3. The summed E-state index contributed by atoms with van der Waals surface area (Å²) in [4.78, 5) is 24.5. The third-order valence-electron chi connectivity index (χ3n) is 5.21. The number of morpholine rings is 1. The zero-order chi connectivity index (χ0) is 18.5. The van der Waals surface area contributed by atoms with E-state index in [0.717, 1.165) is 57.9 Å². The van der Waals surface area contributed by atoms with E-state index in [4.69, 9.17) is 14.5 Å². The highest BCUT2D eigenvalue weighted by molar-refractivity contribution is 5.94. The van der Waals surface area contributed by atoms with Crippen LogP contribution >= 0.6 is 0 Å². The second-order valence-electron chi connectivity index (χ2n) is 6.95. The van der Waals surface area contributed by atoms with Crippen molar-refractivity contribution in [3.63, 3.8) is 0 Å². The molecule has 144 valence electrons. The van der Waals surface area contributed by atoms with Crippen LogP contribution in [0.15, 0.2) is 30.6 Å². The summed E-state index contributed by atoms with van der Waals surface area (Å²) >= 11 is 0. The lowest BCUT2D eigenvalue weighted by atomic mass is 10.1. The summed E-state index contributed by atoms with van der Waals surface area (Å²) in [5, 5.41) is 0. The molecule has 0 unspecified atom stereocenters. The van der Waals surface area contributed by atoms with Gasteiger partial charge in [0.1, 0.15) is 6.61 Å². The fourth-order valence-electron chi connectivity index (χ4n) is 3.59. The molecule has 1 saturated heterocycles. The minimum Gasteiger partial charge on any atom is -0.476 e. The third kappa shape index (κ3) is 4.48. The van der Waals surface area contributed by atoms with Gasteiger partial charge in [0.2, 0.25) is 5.88 Å². The van der Waals surface area contributed by atoms with E-state index in [0.29, 0.717) is 24.6 Å². The topological polar surface area (TPSA) is 70.7 Å². The molecule has 0 spiro atoms. The lowest BCUT2D eigenvalue weighted by Gasteiger charge is -2.26. The summed E-state index contributed by atoms with van der Waals surface area (Å²) in [6.07, 6.45) is 5.11. The summed E-state index contributed by atoms with van der Waals surface area (Å²) in [6, 6.07) is 5.86. The molecule has 2 aromatic rings. The standard InChI is InChI=1S/C20H26N4O3/c25-20(17-3-6-21-15-17)24-7-4-16-1-2-19(22-18(16)5-8-24)27-14-11-23-9-12-26-13-10-23/h1-3,6,15,21H,4-5,7-14H2. The maximum absolute atomic E-state index is 12.6. The Balaban J connectivity index is 1.32. The van der Waals surface area contributed by atoms with Crippen LogP contribution in [-0.4, -0.2) is 78.2 Å². The van der Waals surface area contributed by atoms with Crippen molar-refractivity contribution < 1.29 is 14.3 Å². The number of nitrogens with zero attached hydrogens (tertiary/aromatic N) is 3. The molecule has 0 saturated carbocycles. The first-order valence-corrected chi connectivity index (χ1v) is 9.63. The highest BCUT2D eigenvalue weighted by Crippen LogP contribution is 2.19. The normalized spacial score (nSPS) is 18.0. The first-order chi connectivity index (χ1) is 13.3. The number of nitrogens with one attached hydrogen (secondary N) is 1. The first-order valence-electron chi connectivity index (χ1n) is 9.63. The molecule has 0 bridgehead atoms. The number of hydrogen-bond donors (Lipinski definition) is 1. The van der Waals surface area contributed by atoms with E-state index in [1.807, 2.05) is 17.0 Å². The van der Waals surface area contributed by atoms with Gasteiger partial charge < -0.3 is 19.4 Å². The zero-order valence-electron chi connectivity index (χ0n) is 15.5. The molecule has 1 N–H and O–H groups in total. The number of aromatic nitrogens is 2. The van der Waals surface area contributed by atoms with Gasteiger partial charge in [-0.1, -0.05) is 6.07 Å². The molecular weight excluding hydrogens is 344 g/mol. The number of hydrogen-bond acceptors (Lipinski definition) is 5. The number of ether oxygens (including phenoxy) is 2. The highest BCUT2D eigenvalue weighted by Gasteiger charge is 2.21. The summed E-state index contributed by atoms with van der Waals surface area (Å²) in [6.45, 7) is 6.45. The van der Waals surface area contributed by atoms with E-state index < -0.39 is 0 Å². The Morgan fingerprint density at radius 3 is 2.81 bits per heavy atom. The summed E-state index contributed by atoms with van der Waals surface area (Å²) in [7, 11) is 0. The Labute approximate surface area is 159 Å². The largest absolute Gasteiger partial charge is 0.476 e. The van der Waals surface area contributed by atoms with Gasteiger partial charge in [0.15, 0.2) is 0 Å². The monoisotopic (exact) mass is 370 g/mol. The Morgan fingerprint density at radius 2 is 2.00 bits per heavy atom. The van der Waals surface area contributed by atoms with Gasteiger partial charge in [-0.15, -0.1) is 0 Å². The molecule has 2 aromatic heterocycles. The molecule has 0 aliphatic carbocycles. The van der Waals surface area contributed by atoms with Crippen LogP contribution < -0.4 is 4.74 Å². The number of H-pyrrole nitrogens is 1. The quantitative estimate of drug-likeness (QED) is 0.861. The van der Waals surface area contributed by atoms with Crippen molar-refractivity contribution in [1.82, 2.24) is 19.8 Å². The van der Waals surface area contributed by atoms with Crippen molar-refractivity contribution in [2.75, 3.05) is 52.5 Å². The fourth-order valence-corrected chi connectivity index (χ4v) is 3.59. The number of pyridine rings is 1. The summed E-state index contributed by atoms with van der Waals surface area (Å²) in [5.41, 5.74) is 2.96. The van der Waals surface area contributed by atoms with Crippen molar-refractivity contribution in [2.45, 2.75) is 12.8 Å². The molecule has 1 amide bonds. The van der Waals surface area contributed by atoms with E-state index >= 15 is 0 Å². The second kappa shape index (κ2) is 8.54. The van der Waals surface area contributed by atoms with E-state index in [2.05, 4.69) is 16.0 Å². The number of fused-ring (bicyclic) bond motifs is 1. The van der Waals surface area contributed by atoms with Crippen LogP contribution in [0, 0.1) is 0 Å². The number of carbonyl (C=O) groups is 1. The van der Waals surface area contributed by atoms with Crippen LogP contribution in [0.1, 0.15) is 21.6 Å². The van der Waals surface area contributed by atoms with Crippen molar-refractivity contribution >= 4 is 5.91 Å². The van der Waals surface area contributed by atoms with Crippen LogP contribution in [0.3, 0.4) is 0 Å². The smallest absolute Gasteiger partial charge is 0.255 e. The Kier molecular flexibility index (Phi) is 5.69. The molecule has 1 fully saturated rings. The van der Waals surface area contributed by atoms with E-state index in [1.165, 1.54) is 5.56 Å². The molecule has 7 nitrogen and oxygen atoms in total. The molecule has 7 heteroatoms. The fraction of sp³-hybridized carbons (Fsp3) is 0.500. The van der Waals surface area contributed by atoms with Gasteiger partial charge in [-0.25, -0.2) is 4.98 Å². The van der Waals surface area contributed by atoms with E-state index in [9.17, 15) is 4.79 Å². The molecule has 0 aromatic carbocycles. The average molecular weight is 370 g/mol. The van der Waals surface area contributed by atoms with Crippen molar-refractivity contribution in [3.8, 4) is 5.88 Å². The van der Waals surface area contributed by atoms with Gasteiger partial charge in [-0.2, -0.15) is 0 Å². The minimum atomic E-state index is 0.0750. The van der Waals surface area contributed by atoms with Crippen LogP contribution in [0.25, 0.3) is 0 Å². The van der Waals surface area contributed by atoms with Gasteiger partial charge in [0.05, 0.1) is 18.8 Å². The van der Waals surface area contributed by atoms with Crippen molar-refractivity contribution in [2.24, 2.45) is 0 Å². The van der Waals surface area contributed by atoms with Crippen molar-refractivity contribution in [3.05, 3.63) is 47.4 Å². The van der Waals surface area contributed by atoms with Crippen LogP contribution in [-0.2, 0) is 17.6 Å². The van der Waals surface area contributed by atoms with Crippen LogP contribution in [0.2, 0.25) is 0 Å². The summed E-state index contributed by atoms with van der Waals surface area (Å²) in [5.74, 6) is 0.749. The van der Waals surface area contributed by atoms with Gasteiger partial charge in [-0.05, 0) is 18.1 Å². The maximum atomic E-state index is 12.6. The number of rotatable bonds is 5. The average Bonchev–Trinajstić information content (AvgIpc) is 3.16. The number of carbonyl (C=O) groups excluding carboxylic acids is 1. The molecule has 0 radical (unpaired) electrons. The number of amides is 1. The molecule has 0 atom stereocenters. The lowest BCUT2D eigenvalue weighted by molar-refractivity contribution is 0.0320. The minimum absolute atomic E-state index is 0.0750. The van der Waals surface area contributed by atoms with Crippen molar-refractivity contribution in [1.29, 1.82) is 0 Å². The first kappa shape index (κ1) is 18.0. The van der Waals surface area contributed by atoms with E-state index in [1.54, 1.807) is 12.4 Å². The molecule has 2 aliphatic rings. The lowest BCUT2D eigenvalue weighted by Crippen LogP contribution is -2.38. The molecule has 27 heavy (non-hydrogen) atoms. The zero-order valence-corrected chi connectivity index (χ0v) is 15.5. The van der Waals surface area contributed by atoms with Gasteiger partial charge in [0.25, 0.3) is 5.91 Å². The van der Waals surface area contributed by atoms with Crippen LogP contribution in [0.4, 0.5) is 0 Å². The van der Waals surface area contributed by atoms with Crippen LogP contribution in [0.5, 0.6) is 5.88 Å². The highest BCUT2D eigenvalue weighted by atomic mass is 16.5. The molecule has 4 rings (SSSR count). The predicted molar refractivity (Wildman–Crippen MR) is 101 cm³/mol. The number of aromatic amines is 1. The molecule has 2 aliphatic heterocycles. The Morgan fingerprint density at radius 1 is 1.15 bits per heavy atom. The SMILES string of the molecule is O=C(c1cc[nH]c1)N1CCc2ccc(OCCN3CCOCC3)nc2CC1. The van der Waals surface area contributed by atoms with Gasteiger partial charge in [0, 0.05) is 63.3 Å². The summed E-state index contributed by atoms with van der Waals surface area (Å²) < 4.78 is 11.2.